The highest BCUT2D eigenvalue weighted by molar-refractivity contribution is 5.75. The van der Waals surface area contributed by atoms with Crippen LogP contribution in [0.25, 0.3) is 0 Å². The number of nitrogens with zero attached hydrogens (tertiary/aromatic N) is 3. The molecule has 1 unspecified atom stereocenters. The normalized spacial score (nSPS) is 19.6. The molecule has 1 atom stereocenters. The second-order valence-corrected chi connectivity index (χ2v) is 7.04. The van der Waals surface area contributed by atoms with E-state index in [1.165, 1.54) is 11.1 Å². The van der Waals surface area contributed by atoms with E-state index < -0.39 is 0 Å². The maximum Gasteiger partial charge on any atom is 0.318 e. The maximum absolute atomic E-state index is 12.8. The van der Waals surface area contributed by atoms with Crippen LogP contribution in [0.15, 0.2) is 36.7 Å². The van der Waals surface area contributed by atoms with Crippen molar-refractivity contribution in [2.24, 2.45) is 7.05 Å². The smallest absolute Gasteiger partial charge is 0.318 e. The van der Waals surface area contributed by atoms with Gasteiger partial charge in [0.15, 0.2) is 0 Å². The van der Waals surface area contributed by atoms with Gasteiger partial charge in [-0.2, -0.15) is 5.10 Å². The van der Waals surface area contributed by atoms with Gasteiger partial charge in [-0.15, -0.1) is 0 Å². The molecule has 2 aliphatic carbocycles. The van der Waals surface area contributed by atoms with Crippen molar-refractivity contribution >= 4 is 6.03 Å². The first kappa shape index (κ1) is 15.2. The number of urea groups is 1. The molecule has 0 aliphatic heterocycles. The molecular formula is C19H24N4O. The number of carbonyl (C=O) groups excluding carboxylic acids is 1. The number of carbonyl (C=O) groups is 1. The van der Waals surface area contributed by atoms with Crippen molar-refractivity contribution in [1.82, 2.24) is 20.0 Å². The van der Waals surface area contributed by atoms with Crippen LogP contribution >= 0.6 is 0 Å². The molecule has 1 aromatic carbocycles. The molecule has 5 heteroatoms. The number of fused-ring (bicyclic) bond motifs is 1. The summed E-state index contributed by atoms with van der Waals surface area (Å²) >= 11 is 0. The van der Waals surface area contributed by atoms with E-state index in [2.05, 4.69) is 34.7 Å². The number of benzene rings is 1. The average Bonchev–Trinajstić information content (AvgIpc) is 3.34. The van der Waals surface area contributed by atoms with Gasteiger partial charge in [0.05, 0.1) is 12.7 Å². The lowest BCUT2D eigenvalue weighted by Gasteiger charge is -2.29. The van der Waals surface area contributed by atoms with Crippen LogP contribution in [0.1, 0.15) is 36.0 Å². The summed E-state index contributed by atoms with van der Waals surface area (Å²) in [6, 6.07) is 9.27. The summed E-state index contributed by atoms with van der Waals surface area (Å²) in [5, 5.41) is 7.48. The molecule has 1 fully saturated rings. The van der Waals surface area contributed by atoms with Gasteiger partial charge in [-0.1, -0.05) is 24.3 Å². The minimum absolute atomic E-state index is 0.0748. The van der Waals surface area contributed by atoms with E-state index in [0.717, 1.165) is 37.7 Å². The Morgan fingerprint density at radius 2 is 2.08 bits per heavy atom. The van der Waals surface area contributed by atoms with Crippen molar-refractivity contribution in [1.29, 1.82) is 0 Å². The number of nitrogens with one attached hydrogen (secondary N) is 1. The van der Waals surface area contributed by atoms with Crippen LogP contribution in [0.3, 0.4) is 0 Å². The third-order valence-corrected chi connectivity index (χ3v) is 5.03. The predicted molar refractivity (Wildman–Crippen MR) is 92.6 cm³/mol. The lowest BCUT2D eigenvalue weighted by atomic mass is 9.88. The topological polar surface area (TPSA) is 50.2 Å². The number of hydrogen-bond acceptors (Lipinski definition) is 2. The molecule has 126 valence electrons. The molecule has 1 saturated carbocycles. The predicted octanol–water partition coefficient (Wildman–Crippen LogP) is 2.65. The molecule has 1 heterocycles. The zero-order chi connectivity index (χ0) is 16.5. The van der Waals surface area contributed by atoms with E-state index in [4.69, 9.17) is 0 Å². The lowest BCUT2D eigenvalue weighted by Crippen LogP contribution is -2.47. The minimum atomic E-state index is 0.0748. The standard InChI is InChI=1S/C19H24N4O/c1-22-12-14(11-20-22)13-23(18-8-9-18)19(24)21-17-7-6-15-4-2-3-5-16(15)10-17/h2-5,11-12,17-18H,6-10,13H2,1H3,(H,21,24). The summed E-state index contributed by atoms with van der Waals surface area (Å²) in [4.78, 5) is 14.8. The second kappa shape index (κ2) is 6.30. The highest BCUT2D eigenvalue weighted by Crippen LogP contribution is 2.29. The molecule has 1 aromatic heterocycles. The first-order valence-corrected chi connectivity index (χ1v) is 8.80. The number of hydrogen-bond donors (Lipinski definition) is 1. The van der Waals surface area contributed by atoms with Crippen LogP contribution in [0, 0.1) is 0 Å². The van der Waals surface area contributed by atoms with Crippen molar-refractivity contribution in [2.45, 2.75) is 50.7 Å². The van der Waals surface area contributed by atoms with Crippen molar-refractivity contribution in [3.63, 3.8) is 0 Å². The molecule has 0 radical (unpaired) electrons. The third kappa shape index (κ3) is 3.30. The number of aromatic nitrogens is 2. The second-order valence-electron chi connectivity index (χ2n) is 7.04. The van der Waals surface area contributed by atoms with E-state index in [9.17, 15) is 4.79 Å². The van der Waals surface area contributed by atoms with E-state index in [1.807, 2.05) is 24.3 Å². The largest absolute Gasteiger partial charge is 0.335 e. The quantitative estimate of drug-likeness (QED) is 0.940. The van der Waals surface area contributed by atoms with Crippen molar-refractivity contribution in [2.75, 3.05) is 0 Å². The summed E-state index contributed by atoms with van der Waals surface area (Å²) in [5.74, 6) is 0. The molecule has 2 amide bonds. The molecule has 1 N–H and O–H groups in total. The van der Waals surface area contributed by atoms with Gasteiger partial charge in [0, 0.05) is 30.9 Å². The van der Waals surface area contributed by atoms with Crippen LogP contribution in [0.5, 0.6) is 0 Å². The highest BCUT2D eigenvalue weighted by atomic mass is 16.2. The molecule has 2 aliphatic rings. The maximum atomic E-state index is 12.8. The Labute approximate surface area is 142 Å². The Hall–Kier alpha value is -2.30. The van der Waals surface area contributed by atoms with Crippen LogP contribution in [-0.2, 0) is 26.4 Å². The Kier molecular flexibility index (Phi) is 4.00. The Bertz CT molecular complexity index is 734. The SMILES string of the molecule is Cn1cc(CN(C(=O)NC2CCc3ccccc3C2)C2CC2)cn1. The molecule has 2 aromatic rings. The summed E-state index contributed by atoms with van der Waals surface area (Å²) in [7, 11) is 1.91. The van der Waals surface area contributed by atoms with Gasteiger partial charge in [0.2, 0.25) is 0 Å². The van der Waals surface area contributed by atoms with Gasteiger partial charge in [-0.05, 0) is 43.2 Å². The summed E-state index contributed by atoms with van der Waals surface area (Å²) in [6.45, 7) is 0.646. The summed E-state index contributed by atoms with van der Waals surface area (Å²) < 4.78 is 1.79. The fourth-order valence-corrected chi connectivity index (χ4v) is 3.58. The first-order valence-electron chi connectivity index (χ1n) is 8.80. The number of rotatable bonds is 4. The van der Waals surface area contributed by atoms with Crippen LogP contribution in [0.2, 0.25) is 0 Å². The zero-order valence-electron chi connectivity index (χ0n) is 14.1. The van der Waals surface area contributed by atoms with E-state index in [0.29, 0.717) is 12.6 Å². The molecule has 24 heavy (non-hydrogen) atoms. The number of aryl methyl sites for hydroxylation is 2. The third-order valence-electron chi connectivity index (χ3n) is 5.03. The molecular weight excluding hydrogens is 300 g/mol. The molecule has 0 saturated heterocycles. The molecule has 5 nitrogen and oxygen atoms in total. The lowest BCUT2D eigenvalue weighted by molar-refractivity contribution is 0.186. The molecule has 0 spiro atoms. The van der Waals surface area contributed by atoms with E-state index in [1.54, 1.807) is 4.68 Å². The Morgan fingerprint density at radius 3 is 2.79 bits per heavy atom. The first-order chi connectivity index (χ1) is 11.7. The Balaban J connectivity index is 1.40. The Morgan fingerprint density at radius 1 is 1.29 bits per heavy atom. The van der Waals surface area contributed by atoms with E-state index in [-0.39, 0.29) is 12.1 Å². The molecule has 4 rings (SSSR count). The van der Waals surface area contributed by atoms with Crippen LogP contribution in [0.4, 0.5) is 4.79 Å². The zero-order valence-corrected chi connectivity index (χ0v) is 14.1. The number of amides is 2. The van der Waals surface area contributed by atoms with Gasteiger partial charge in [-0.3, -0.25) is 4.68 Å². The van der Waals surface area contributed by atoms with Crippen molar-refractivity contribution in [3.8, 4) is 0 Å². The van der Waals surface area contributed by atoms with Crippen molar-refractivity contribution in [3.05, 3.63) is 53.3 Å². The van der Waals surface area contributed by atoms with Gasteiger partial charge < -0.3 is 10.2 Å². The van der Waals surface area contributed by atoms with Gasteiger partial charge >= 0.3 is 6.03 Å². The fraction of sp³-hybridized carbons (Fsp3) is 0.474. The van der Waals surface area contributed by atoms with Gasteiger partial charge in [0.1, 0.15) is 0 Å². The molecule has 0 bridgehead atoms. The minimum Gasteiger partial charge on any atom is -0.335 e. The summed E-state index contributed by atoms with van der Waals surface area (Å²) in [5.41, 5.74) is 3.89. The van der Waals surface area contributed by atoms with Crippen LogP contribution in [-0.4, -0.2) is 32.8 Å². The van der Waals surface area contributed by atoms with Crippen molar-refractivity contribution < 1.29 is 4.79 Å². The fourth-order valence-electron chi connectivity index (χ4n) is 3.58. The van der Waals surface area contributed by atoms with Gasteiger partial charge in [0.25, 0.3) is 0 Å². The van der Waals surface area contributed by atoms with E-state index >= 15 is 0 Å². The average molecular weight is 324 g/mol. The van der Waals surface area contributed by atoms with Crippen LogP contribution < -0.4 is 5.32 Å². The monoisotopic (exact) mass is 324 g/mol. The van der Waals surface area contributed by atoms with Gasteiger partial charge in [-0.25, -0.2) is 4.79 Å². The summed E-state index contributed by atoms with van der Waals surface area (Å²) in [6.07, 6.45) is 9.07. The highest BCUT2D eigenvalue weighted by Gasteiger charge is 2.34.